The molecule has 1 nitrogen and oxygen atoms in total. The number of carbonyl (C=O) groups is 1. The maximum absolute atomic E-state index is 12.5. The van der Waals surface area contributed by atoms with Gasteiger partial charge in [-0.2, -0.15) is 13.2 Å². The summed E-state index contributed by atoms with van der Waals surface area (Å²) in [6, 6.07) is 13.9. The summed E-state index contributed by atoms with van der Waals surface area (Å²) in [6.45, 7) is 1.84. The molecule has 0 amide bonds. The fraction of sp³-hybridized carbons (Fsp3) is 0.235. The zero-order valence-electron chi connectivity index (χ0n) is 11.5. The Bertz CT molecular complexity index is 600. The molecule has 0 aliphatic heterocycles. The van der Waals surface area contributed by atoms with Crippen LogP contribution in [0.3, 0.4) is 0 Å². The highest BCUT2D eigenvalue weighted by Gasteiger charge is 2.30. The molecule has 0 fully saturated rings. The van der Waals surface area contributed by atoms with Crippen molar-refractivity contribution in [1.29, 1.82) is 0 Å². The summed E-state index contributed by atoms with van der Waals surface area (Å²) in [7, 11) is 0. The number of carbonyl (C=O) groups excluding carboxylic acids is 1. The van der Waals surface area contributed by atoms with Crippen LogP contribution < -0.4 is 0 Å². The third-order valence-electron chi connectivity index (χ3n) is 3.39. The van der Waals surface area contributed by atoms with E-state index in [9.17, 15) is 18.0 Å². The van der Waals surface area contributed by atoms with Crippen molar-refractivity contribution in [1.82, 2.24) is 0 Å². The van der Waals surface area contributed by atoms with Crippen LogP contribution in [0.5, 0.6) is 0 Å². The first-order valence-corrected chi connectivity index (χ1v) is 6.63. The lowest BCUT2D eigenvalue weighted by Crippen LogP contribution is -2.07. The van der Waals surface area contributed by atoms with Gasteiger partial charge in [0.1, 0.15) is 0 Å². The molecule has 0 aliphatic carbocycles. The van der Waals surface area contributed by atoms with E-state index < -0.39 is 11.7 Å². The van der Waals surface area contributed by atoms with Crippen molar-refractivity contribution < 1.29 is 18.0 Å². The zero-order chi connectivity index (χ0) is 15.5. The molecule has 0 heterocycles. The van der Waals surface area contributed by atoms with Crippen molar-refractivity contribution in [2.24, 2.45) is 0 Å². The van der Waals surface area contributed by atoms with E-state index in [4.69, 9.17) is 0 Å². The van der Waals surface area contributed by atoms with E-state index >= 15 is 0 Å². The quantitative estimate of drug-likeness (QED) is 0.718. The van der Waals surface area contributed by atoms with Crippen LogP contribution in [0.2, 0.25) is 0 Å². The minimum atomic E-state index is -4.33. The molecule has 0 bridgehead atoms. The van der Waals surface area contributed by atoms with E-state index in [0.717, 1.165) is 17.7 Å². The van der Waals surface area contributed by atoms with E-state index in [-0.39, 0.29) is 18.1 Å². The van der Waals surface area contributed by atoms with Gasteiger partial charge in [-0.25, -0.2) is 0 Å². The first-order valence-electron chi connectivity index (χ1n) is 6.63. The molecule has 0 unspecified atom stereocenters. The van der Waals surface area contributed by atoms with Gasteiger partial charge in [0.2, 0.25) is 0 Å². The highest BCUT2D eigenvalue weighted by Crippen LogP contribution is 2.30. The third kappa shape index (κ3) is 3.94. The Balaban J connectivity index is 2.07. The molecule has 0 N–H and O–H groups in total. The van der Waals surface area contributed by atoms with Crippen molar-refractivity contribution >= 4 is 5.78 Å². The van der Waals surface area contributed by atoms with Crippen LogP contribution in [0.4, 0.5) is 13.2 Å². The van der Waals surface area contributed by atoms with Crippen LogP contribution >= 0.6 is 0 Å². The average molecular weight is 292 g/mol. The molecule has 110 valence electrons. The average Bonchev–Trinajstić information content (AvgIpc) is 2.47. The van der Waals surface area contributed by atoms with Gasteiger partial charge in [-0.3, -0.25) is 4.79 Å². The van der Waals surface area contributed by atoms with E-state index in [1.165, 1.54) is 12.1 Å². The zero-order valence-corrected chi connectivity index (χ0v) is 11.5. The molecule has 2 aromatic carbocycles. The Labute approximate surface area is 121 Å². The smallest absolute Gasteiger partial charge is 0.294 e. The summed E-state index contributed by atoms with van der Waals surface area (Å²) in [5.74, 6) is -0.136. The predicted octanol–water partition coefficient (Wildman–Crippen LogP) is 5.08. The minimum Gasteiger partial charge on any atom is -0.294 e. The van der Waals surface area contributed by atoms with E-state index in [1.807, 2.05) is 13.0 Å². The third-order valence-corrected chi connectivity index (χ3v) is 3.39. The largest absolute Gasteiger partial charge is 0.416 e. The molecule has 0 radical (unpaired) electrons. The van der Waals surface area contributed by atoms with Gasteiger partial charge >= 0.3 is 6.18 Å². The topological polar surface area (TPSA) is 17.1 Å². The standard InChI is InChI=1S/C17H15F3O/c1-12(11-16(21)14-5-3-2-4-6-14)13-7-9-15(10-8-13)17(18,19)20/h2-10,12H,11H2,1H3/t12-/m0/s1. The molecule has 21 heavy (non-hydrogen) atoms. The second kappa shape index (κ2) is 6.12. The lowest BCUT2D eigenvalue weighted by molar-refractivity contribution is -0.137. The number of rotatable bonds is 4. The molecule has 2 rings (SSSR count). The van der Waals surface area contributed by atoms with Crippen LogP contribution in [0.15, 0.2) is 54.6 Å². The number of benzene rings is 2. The summed E-state index contributed by atoms with van der Waals surface area (Å²) < 4.78 is 37.5. The fourth-order valence-corrected chi connectivity index (χ4v) is 2.14. The number of alkyl halides is 3. The molecule has 1 atom stereocenters. The first-order chi connectivity index (χ1) is 9.88. The maximum atomic E-state index is 12.5. The number of hydrogen-bond acceptors (Lipinski definition) is 1. The van der Waals surface area contributed by atoms with Crippen LogP contribution in [0.1, 0.15) is 40.7 Å². The fourth-order valence-electron chi connectivity index (χ4n) is 2.14. The predicted molar refractivity (Wildman–Crippen MR) is 75.2 cm³/mol. The summed E-state index contributed by atoms with van der Waals surface area (Å²) >= 11 is 0. The Morgan fingerprint density at radius 1 is 1.00 bits per heavy atom. The number of Topliss-reactive ketones (excluding diaryl/α,β-unsaturated/α-hetero) is 1. The SMILES string of the molecule is C[C@@H](CC(=O)c1ccccc1)c1ccc(C(F)(F)F)cc1. The van der Waals surface area contributed by atoms with Gasteiger partial charge in [0, 0.05) is 12.0 Å². The van der Waals surface area contributed by atoms with Crippen LogP contribution in [-0.4, -0.2) is 5.78 Å². The molecule has 0 aromatic heterocycles. The highest BCUT2D eigenvalue weighted by atomic mass is 19.4. The van der Waals surface area contributed by atoms with E-state index in [1.54, 1.807) is 24.3 Å². The number of ketones is 1. The van der Waals surface area contributed by atoms with E-state index in [0.29, 0.717) is 5.56 Å². The summed E-state index contributed by atoms with van der Waals surface area (Å²) in [6.07, 6.45) is -4.06. The first kappa shape index (κ1) is 15.3. The normalized spacial score (nSPS) is 13.0. The lowest BCUT2D eigenvalue weighted by atomic mass is 9.92. The number of halogens is 3. The Hall–Kier alpha value is -2.10. The van der Waals surface area contributed by atoms with Crippen LogP contribution in [-0.2, 0) is 6.18 Å². The Morgan fingerprint density at radius 3 is 2.10 bits per heavy atom. The lowest BCUT2D eigenvalue weighted by Gasteiger charge is -2.13. The van der Waals surface area contributed by atoms with Crippen molar-refractivity contribution in [3.63, 3.8) is 0 Å². The monoisotopic (exact) mass is 292 g/mol. The van der Waals surface area contributed by atoms with Gasteiger partial charge in [-0.05, 0) is 23.6 Å². The van der Waals surface area contributed by atoms with Gasteiger partial charge in [0.25, 0.3) is 0 Å². The number of hydrogen-bond donors (Lipinski definition) is 0. The molecular weight excluding hydrogens is 277 g/mol. The van der Waals surface area contributed by atoms with Gasteiger partial charge in [-0.1, -0.05) is 49.4 Å². The van der Waals surface area contributed by atoms with Gasteiger partial charge in [0.05, 0.1) is 5.56 Å². The molecular formula is C17H15F3O. The Morgan fingerprint density at radius 2 is 1.57 bits per heavy atom. The van der Waals surface area contributed by atoms with Gasteiger partial charge < -0.3 is 0 Å². The molecule has 0 saturated carbocycles. The summed E-state index contributed by atoms with van der Waals surface area (Å²) in [4.78, 5) is 12.1. The van der Waals surface area contributed by atoms with Crippen molar-refractivity contribution in [3.8, 4) is 0 Å². The van der Waals surface area contributed by atoms with Gasteiger partial charge in [-0.15, -0.1) is 0 Å². The van der Waals surface area contributed by atoms with Crippen molar-refractivity contribution in [2.45, 2.75) is 25.4 Å². The minimum absolute atomic E-state index is 0.0111. The summed E-state index contributed by atoms with van der Waals surface area (Å²) in [5.41, 5.74) is 0.677. The van der Waals surface area contributed by atoms with E-state index in [2.05, 4.69) is 0 Å². The molecule has 0 saturated heterocycles. The molecule has 4 heteroatoms. The second-order valence-electron chi connectivity index (χ2n) is 5.01. The highest BCUT2D eigenvalue weighted by molar-refractivity contribution is 5.96. The van der Waals surface area contributed by atoms with Crippen molar-refractivity contribution in [2.75, 3.05) is 0 Å². The Kier molecular flexibility index (Phi) is 4.46. The van der Waals surface area contributed by atoms with Crippen molar-refractivity contribution in [3.05, 3.63) is 71.3 Å². The molecule has 0 aliphatic rings. The van der Waals surface area contributed by atoms with Gasteiger partial charge in [0.15, 0.2) is 5.78 Å². The van der Waals surface area contributed by atoms with Crippen LogP contribution in [0, 0.1) is 0 Å². The molecule has 2 aromatic rings. The summed E-state index contributed by atoms with van der Waals surface area (Å²) in [5, 5.41) is 0. The molecule has 0 spiro atoms. The second-order valence-corrected chi connectivity index (χ2v) is 5.01. The van der Waals surface area contributed by atoms with Crippen LogP contribution in [0.25, 0.3) is 0 Å². The maximum Gasteiger partial charge on any atom is 0.416 e.